The smallest absolute Gasteiger partial charge is 0.217 e. The molecule has 0 bridgehead atoms. The van der Waals surface area contributed by atoms with Gasteiger partial charge in [0.15, 0.2) is 0 Å². The molecule has 0 aliphatic carbocycles. The van der Waals surface area contributed by atoms with Crippen molar-refractivity contribution in [2.24, 2.45) is 0 Å². The van der Waals surface area contributed by atoms with Gasteiger partial charge in [-0.1, -0.05) is 484 Å². The molecule has 0 heterocycles. The SMILES string of the molecule is CCCCCCCCCCCCCCCCCC(=O)[O-].CCCCCCCCCCCCCCCCCC[N+](C)(C)CCCCCCCCCCCCCCCCCC.CCCCCCCCCCCCCCCCCC[N+](C)(C)CCCCCCCCCCCCCCCCCC.COS(=O)(=O)[O-]. The highest BCUT2D eigenvalue weighted by atomic mass is 32.3. The van der Waals surface area contributed by atoms with Gasteiger partial charge in [0, 0.05) is 5.97 Å². The fraction of sp³-hybridized carbons (Fsp3) is 0.989. The van der Waals surface area contributed by atoms with Crippen LogP contribution in [0.1, 0.15) is 548 Å². The zero-order valence-electron chi connectivity index (χ0n) is 73.6. The summed E-state index contributed by atoms with van der Waals surface area (Å²) < 4.78 is 33.5. The Morgan fingerprint density at radius 2 is 0.317 bits per heavy atom. The normalized spacial score (nSPS) is 11.8. The molecule has 0 radical (unpaired) electrons. The molecule has 0 aromatic carbocycles. The number of carboxylic acids is 1. The summed E-state index contributed by atoms with van der Waals surface area (Å²) in [5.74, 6) is -0.903. The molecule has 0 aliphatic rings. The molecule has 0 saturated heterocycles. The Hall–Kier alpha value is -0.740. The number of rotatable bonds is 85. The molecule has 0 saturated carbocycles. The van der Waals surface area contributed by atoms with Crippen molar-refractivity contribution in [3.63, 3.8) is 0 Å². The molecule has 104 heavy (non-hydrogen) atoms. The first-order chi connectivity index (χ1) is 50.6. The van der Waals surface area contributed by atoms with Gasteiger partial charge in [0.2, 0.25) is 10.4 Å². The number of quaternary nitrogens is 2. The molecule has 0 spiro atoms. The standard InChI is InChI=1S/2C38H80N.C18H36O2.CH4O4S/c2*1-5-7-9-11-13-15-17-19-21-23-25-27-29-31-33-35-37-39(3,4)38-36-34-32-30-28-26-24-22-20-18-16-14-12-10-8-6-2;1-2-3-4-5-6-7-8-9-10-11-12-13-14-15-16-17-18(19)20;1-5-6(2,3)4/h2*5-38H2,1-4H3;2-17H2,1H3,(H,19,20);1H3,(H,2,3,4)/q2*+1;;/p-2. The fourth-order valence-electron chi connectivity index (χ4n) is 15.2. The van der Waals surface area contributed by atoms with Crippen molar-refractivity contribution in [2.45, 2.75) is 548 Å². The van der Waals surface area contributed by atoms with E-state index in [0.29, 0.717) is 0 Å². The Morgan fingerprint density at radius 3 is 0.413 bits per heavy atom. The third-order valence-corrected chi connectivity index (χ3v) is 23.1. The zero-order chi connectivity index (χ0) is 77.2. The maximum atomic E-state index is 10.2. The van der Waals surface area contributed by atoms with Gasteiger partial charge in [0.1, 0.15) is 0 Å². The van der Waals surface area contributed by atoms with Crippen LogP contribution in [0.2, 0.25) is 0 Å². The monoisotopic (exact) mass is 1500 g/mol. The predicted molar refractivity (Wildman–Crippen MR) is 463 cm³/mol. The lowest BCUT2D eigenvalue weighted by Gasteiger charge is -2.30. The van der Waals surface area contributed by atoms with E-state index in [-0.39, 0.29) is 6.42 Å². The van der Waals surface area contributed by atoms with E-state index in [4.69, 9.17) is 0 Å². The molecule has 9 heteroatoms. The van der Waals surface area contributed by atoms with Crippen molar-refractivity contribution in [2.75, 3.05) is 61.5 Å². The number of carboxylic acid groups (broad SMARTS) is 1. The van der Waals surface area contributed by atoms with Crippen LogP contribution in [0.15, 0.2) is 0 Å². The molecule has 0 unspecified atom stereocenters. The summed E-state index contributed by atoms with van der Waals surface area (Å²) in [4.78, 5) is 10.2. The first kappa shape index (κ1) is 110. The van der Waals surface area contributed by atoms with E-state index in [2.05, 4.69) is 67.0 Å². The van der Waals surface area contributed by atoms with Gasteiger partial charge in [-0.05, 0) is 64.2 Å². The van der Waals surface area contributed by atoms with Gasteiger partial charge in [0.05, 0.1) is 61.5 Å². The second kappa shape index (κ2) is 94.6. The average molecular weight is 1500 g/mol. The zero-order valence-corrected chi connectivity index (χ0v) is 74.5. The number of hydrogen-bond acceptors (Lipinski definition) is 6. The van der Waals surface area contributed by atoms with Gasteiger partial charge < -0.3 is 23.4 Å². The van der Waals surface area contributed by atoms with Gasteiger partial charge in [-0.2, -0.15) is 0 Å². The largest absolute Gasteiger partial charge is 0.726 e. The Labute approximate surface area is 658 Å². The van der Waals surface area contributed by atoms with E-state index < -0.39 is 16.4 Å². The number of carbonyl (C=O) groups excluding carboxylic acids is 1. The van der Waals surface area contributed by atoms with Crippen molar-refractivity contribution in [1.29, 1.82) is 0 Å². The highest BCUT2D eigenvalue weighted by molar-refractivity contribution is 7.80. The Kier molecular flexibility index (Phi) is 99.7. The quantitative estimate of drug-likeness (QED) is 0.0260. The first-order valence-corrected chi connectivity index (χ1v) is 49.3. The van der Waals surface area contributed by atoms with Crippen molar-refractivity contribution in [1.82, 2.24) is 0 Å². The minimum atomic E-state index is -4.41. The fourth-order valence-corrected chi connectivity index (χ4v) is 15.2. The number of hydrogen-bond donors (Lipinski definition) is 0. The van der Waals surface area contributed by atoms with Crippen LogP contribution in [0.5, 0.6) is 0 Å². The second-order valence-corrected chi connectivity index (χ2v) is 35.8. The Balaban J connectivity index is -0.000000723. The van der Waals surface area contributed by atoms with Gasteiger partial charge >= 0.3 is 0 Å². The molecular formula is C95H198N2O6S. The summed E-state index contributed by atoms with van der Waals surface area (Å²) in [7, 11) is 6.27. The Bertz CT molecular complexity index is 1490. The van der Waals surface area contributed by atoms with Crippen molar-refractivity contribution < 1.29 is 36.0 Å². The molecule has 0 aliphatic heterocycles. The van der Waals surface area contributed by atoms with E-state index in [1.54, 1.807) is 0 Å². The summed E-state index contributed by atoms with van der Waals surface area (Å²) in [5, 5.41) is 10.2. The van der Waals surface area contributed by atoms with Crippen molar-refractivity contribution in [3.8, 4) is 0 Å². The highest BCUT2D eigenvalue weighted by Gasteiger charge is 2.15. The highest BCUT2D eigenvalue weighted by Crippen LogP contribution is 2.21. The van der Waals surface area contributed by atoms with Crippen LogP contribution < -0.4 is 5.11 Å². The first-order valence-electron chi connectivity index (χ1n) is 47.9. The minimum Gasteiger partial charge on any atom is -0.726 e. The number of aliphatic carboxylic acids is 1. The molecule has 8 nitrogen and oxygen atoms in total. The van der Waals surface area contributed by atoms with Crippen LogP contribution in [0.3, 0.4) is 0 Å². The average Bonchev–Trinajstić information content (AvgIpc) is 0.986. The second-order valence-electron chi connectivity index (χ2n) is 34.6. The van der Waals surface area contributed by atoms with E-state index in [0.717, 1.165) is 20.0 Å². The lowest BCUT2D eigenvalue weighted by molar-refractivity contribution is -0.890. The minimum absolute atomic E-state index is 0.234. The molecule has 0 fully saturated rings. The third kappa shape index (κ3) is 112. The molecule has 0 N–H and O–H groups in total. The lowest BCUT2D eigenvalue weighted by atomic mass is 10.0. The maximum absolute atomic E-state index is 10.2. The van der Waals surface area contributed by atoms with Crippen LogP contribution in [-0.4, -0.2) is 89.4 Å². The van der Waals surface area contributed by atoms with Crippen LogP contribution in [-0.2, 0) is 19.4 Å². The van der Waals surface area contributed by atoms with E-state index in [9.17, 15) is 22.9 Å². The van der Waals surface area contributed by atoms with Crippen LogP contribution in [0.4, 0.5) is 0 Å². The van der Waals surface area contributed by atoms with E-state index in [1.807, 2.05) is 0 Å². The van der Waals surface area contributed by atoms with E-state index >= 15 is 0 Å². The molecule has 0 aromatic rings. The molecule has 630 valence electrons. The van der Waals surface area contributed by atoms with Gasteiger partial charge in [-0.15, -0.1) is 0 Å². The van der Waals surface area contributed by atoms with Crippen LogP contribution in [0.25, 0.3) is 0 Å². The van der Waals surface area contributed by atoms with Gasteiger partial charge in [-0.25, -0.2) is 8.42 Å². The summed E-state index contributed by atoms with van der Waals surface area (Å²) in [6.45, 7) is 17.0. The van der Waals surface area contributed by atoms with Gasteiger partial charge in [-0.3, -0.25) is 4.18 Å². The topological polar surface area (TPSA) is 107 Å². The van der Waals surface area contributed by atoms with Crippen molar-refractivity contribution in [3.05, 3.63) is 0 Å². The summed E-state index contributed by atoms with van der Waals surface area (Å²) in [5.41, 5.74) is 0. The summed E-state index contributed by atoms with van der Waals surface area (Å²) in [6, 6.07) is 0. The number of carbonyl (C=O) groups is 1. The lowest BCUT2D eigenvalue weighted by Crippen LogP contribution is -2.41. The molecular weight excluding hydrogens is 1300 g/mol. The summed E-state index contributed by atoms with van der Waals surface area (Å²) in [6.07, 6.45) is 114. The van der Waals surface area contributed by atoms with Crippen molar-refractivity contribution >= 4 is 16.4 Å². The molecule has 0 amide bonds. The molecule has 0 atom stereocenters. The van der Waals surface area contributed by atoms with Gasteiger partial charge in [0.25, 0.3) is 0 Å². The third-order valence-electron chi connectivity index (χ3n) is 22.7. The predicted octanol–water partition coefficient (Wildman–Crippen LogP) is 31.3. The number of unbranched alkanes of at least 4 members (excludes halogenated alkanes) is 74. The van der Waals surface area contributed by atoms with Crippen LogP contribution >= 0.6 is 0 Å². The summed E-state index contributed by atoms with van der Waals surface area (Å²) >= 11 is 0. The number of nitrogens with zero attached hydrogens (tertiary/aromatic N) is 2. The van der Waals surface area contributed by atoms with E-state index in [1.165, 1.54) is 530 Å². The molecule has 0 rings (SSSR count). The van der Waals surface area contributed by atoms with Crippen LogP contribution in [0, 0.1) is 0 Å². The Morgan fingerprint density at radius 1 is 0.221 bits per heavy atom. The molecule has 0 aromatic heterocycles. The maximum Gasteiger partial charge on any atom is 0.217 e.